The molecule has 1 saturated heterocycles. The molecule has 0 saturated carbocycles. The summed E-state index contributed by atoms with van der Waals surface area (Å²) in [6.45, 7) is 2.50. The van der Waals surface area contributed by atoms with Crippen molar-refractivity contribution in [3.8, 4) is 5.75 Å². The molecule has 0 bridgehead atoms. The van der Waals surface area contributed by atoms with Crippen LogP contribution in [0.2, 0.25) is 0 Å². The van der Waals surface area contributed by atoms with E-state index in [1.807, 2.05) is 11.8 Å². The summed E-state index contributed by atoms with van der Waals surface area (Å²) in [6, 6.07) is 4.46. The molecule has 1 heterocycles. The number of halogens is 4. The average Bonchev–Trinajstić information content (AvgIpc) is 2.30. The summed E-state index contributed by atoms with van der Waals surface area (Å²) < 4.78 is 40.7. The van der Waals surface area contributed by atoms with Crippen LogP contribution in [0.3, 0.4) is 0 Å². The molecule has 1 aliphatic heterocycles. The van der Waals surface area contributed by atoms with Crippen molar-refractivity contribution in [2.45, 2.75) is 32.2 Å². The Morgan fingerprint density at radius 2 is 2.10 bits per heavy atom. The van der Waals surface area contributed by atoms with Gasteiger partial charge in [0.25, 0.3) is 0 Å². The Morgan fingerprint density at radius 1 is 1.40 bits per heavy atom. The van der Waals surface area contributed by atoms with E-state index in [-0.39, 0.29) is 22.0 Å². The van der Waals surface area contributed by atoms with Crippen molar-refractivity contribution < 1.29 is 22.7 Å². The summed E-state index contributed by atoms with van der Waals surface area (Å²) in [5.41, 5.74) is 0.770. The Kier molecular flexibility index (Phi) is 4.27. The average molecular weight is 352 g/mol. The molecular weight excluding hydrogens is 339 g/mol. The van der Waals surface area contributed by atoms with Gasteiger partial charge in [-0.25, -0.2) is 0 Å². The molecule has 0 aromatic heterocycles. The Morgan fingerprint density at radius 3 is 2.65 bits per heavy atom. The van der Waals surface area contributed by atoms with Gasteiger partial charge in [-0.1, -0.05) is 0 Å². The summed E-state index contributed by atoms with van der Waals surface area (Å²) >= 11 is 3.08. The van der Waals surface area contributed by atoms with Gasteiger partial charge < -0.3 is 9.64 Å². The maximum absolute atomic E-state index is 12.2. The van der Waals surface area contributed by atoms with E-state index in [0.29, 0.717) is 19.4 Å². The van der Waals surface area contributed by atoms with Crippen molar-refractivity contribution in [2.24, 2.45) is 0 Å². The molecule has 1 aromatic carbocycles. The molecule has 110 valence electrons. The zero-order valence-electron chi connectivity index (χ0n) is 10.7. The van der Waals surface area contributed by atoms with Crippen LogP contribution < -0.4 is 9.64 Å². The van der Waals surface area contributed by atoms with Gasteiger partial charge in [-0.05, 0) is 41.1 Å². The third-order valence-corrected chi connectivity index (χ3v) is 3.78. The van der Waals surface area contributed by atoms with Gasteiger partial charge in [0.05, 0.1) is 4.47 Å². The van der Waals surface area contributed by atoms with E-state index < -0.39 is 6.36 Å². The summed E-state index contributed by atoms with van der Waals surface area (Å²) in [5.74, 6) is -0.0631. The zero-order chi connectivity index (χ0) is 14.9. The van der Waals surface area contributed by atoms with E-state index in [2.05, 4.69) is 20.7 Å². The molecule has 0 spiro atoms. The molecule has 0 amide bonds. The first-order chi connectivity index (χ1) is 9.26. The number of Topliss-reactive ketones (excluding diaryl/α,β-unsaturated/α-hetero) is 1. The normalized spacial score (nSPS) is 20.1. The predicted molar refractivity (Wildman–Crippen MR) is 71.9 cm³/mol. The highest BCUT2D eigenvalue weighted by Crippen LogP contribution is 2.34. The van der Waals surface area contributed by atoms with E-state index in [0.717, 1.165) is 5.69 Å². The van der Waals surface area contributed by atoms with Crippen LogP contribution in [0.25, 0.3) is 0 Å². The minimum atomic E-state index is -4.71. The lowest BCUT2D eigenvalue weighted by atomic mass is 10.0. The SMILES string of the molecule is CC1CC(=O)CCN1c1ccc(OC(F)(F)F)c(Br)c1. The molecule has 1 fully saturated rings. The maximum atomic E-state index is 12.2. The molecule has 7 heteroatoms. The second-order valence-corrected chi connectivity index (χ2v) is 5.55. The van der Waals surface area contributed by atoms with Crippen LogP contribution in [0.15, 0.2) is 22.7 Å². The van der Waals surface area contributed by atoms with E-state index >= 15 is 0 Å². The summed E-state index contributed by atoms with van der Waals surface area (Å²) in [5, 5.41) is 0. The van der Waals surface area contributed by atoms with Gasteiger partial charge in [-0.3, -0.25) is 4.79 Å². The van der Waals surface area contributed by atoms with Gasteiger partial charge in [0, 0.05) is 31.1 Å². The lowest BCUT2D eigenvalue weighted by Crippen LogP contribution is -2.41. The van der Waals surface area contributed by atoms with Crippen molar-refractivity contribution in [3.63, 3.8) is 0 Å². The van der Waals surface area contributed by atoms with Crippen molar-refractivity contribution in [1.82, 2.24) is 0 Å². The monoisotopic (exact) mass is 351 g/mol. The molecule has 0 aliphatic carbocycles. The van der Waals surface area contributed by atoms with Crippen LogP contribution in [0, 0.1) is 0 Å². The van der Waals surface area contributed by atoms with Crippen LogP contribution in [0.5, 0.6) is 5.75 Å². The molecule has 3 nitrogen and oxygen atoms in total. The molecule has 1 aliphatic rings. The van der Waals surface area contributed by atoms with E-state index in [1.165, 1.54) is 6.07 Å². The Bertz CT molecular complexity index is 519. The van der Waals surface area contributed by atoms with Crippen LogP contribution >= 0.6 is 15.9 Å². The van der Waals surface area contributed by atoms with E-state index in [9.17, 15) is 18.0 Å². The number of benzene rings is 1. The minimum Gasteiger partial charge on any atom is -0.405 e. The predicted octanol–water partition coefficient (Wildman–Crippen LogP) is 3.91. The van der Waals surface area contributed by atoms with Crippen LogP contribution in [0.4, 0.5) is 18.9 Å². The third-order valence-electron chi connectivity index (χ3n) is 3.16. The van der Waals surface area contributed by atoms with Crippen molar-refractivity contribution >= 4 is 27.4 Å². The van der Waals surface area contributed by atoms with Gasteiger partial charge in [0.1, 0.15) is 11.5 Å². The largest absolute Gasteiger partial charge is 0.573 e. The number of ketones is 1. The molecule has 1 aromatic rings. The number of nitrogens with zero attached hydrogens (tertiary/aromatic N) is 1. The summed E-state index contributed by atoms with van der Waals surface area (Å²) in [6.07, 6.45) is -3.80. The lowest BCUT2D eigenvalue weighted by molar-refractivity contribution is -0.274. The Balaban J connectivity index is 2.18. The van der Waals surface area contributed by atoms with Gasteiger partial charge in [-0.15, -0.1) is 13.2 Å². The summed E-state index contributed by atoms with van der Waals surface area (Å²) in [4.78, 5) is 13.4. The van der Waals surface area contributed by atoms with E-state index in [4.69, 9.17) is 0 Å². The molecule has 20 heavy (non-hydrogen) atoms. The fourth-order valence-electron chi connectivity index (χ4n) is 2.27. The first kappa shape index (κ1) is 15.2. The molecule has 0 radical (unpaired) electrons. The molecule has 1 atom stereocenters. The smallest absolute Gasteiger partial charge is 0.405 e. The Hall–Kier alpha value is -1.24. The maximum Gasteiger partial charge on any atom is 0.573 e. The van der Waals surface area contributed by atoms with Gasteiger partial charge in [-0.2, -0.15) is 0 Å². The van der Waals surface area contributed by atoms with Crippen molar-refractivity contribution in [1.29, 1.82) is 0 Å². The number of hydrogen-bond acceptors (Lipinski definition) is 3. The second kappa shape index (κ2) is 5.63. The third kappa shape index (κ3) is 3.65. The van der Waals surface area contributed by atoms with Gasteiger partial charge >= 0.3 is 6.36 Å². The summed E-state index contributed by atoms with van der Waals surface area (Å²) in [7, 11) is 0. The quantitative estimate of drug-likeness (QED) is 0.809. The molecule has 0 N–H and O–H groups in total. The highest BCUT2D eigenvalue weighted by molar-refractivity contribution is 9.10. The minimum absolute atomic E-state index is 0.0394. The van der Waals surface area contributed by atoms with Gasteiger partial charge in [0.2, 0.25) is 0 Å². The number of rotatable bonds is 2. The molecular formula is C13H13BrF3NO2. The van der Waals surface area contributed by atoms with E-state index in [1.54, 1.807) is 12.1 Å². The number of alkyl halides is 3. The second-order valence-electron chi connectivity index (χ2n) is 4.70. The number of hydrogen-bond donors (Lipinski definition) is 0. The first-order valence-electron chi connectivity index (χ1n) is 6.10. The zero-order valence-corrected chi connectivity index (χ0v) is 12.3. The number of anilines is 1. The highest BCUT2D eigenvalue weighted by Gasteiger charge is 2.32. The van der Waals surface area contributed by atoms with Gasteiger partial charge in [0.15, 0.2) is 0 Å². The number of piperidine rings is 1. The first-order valence-corrected chi connectivity index (χ1v) is 6.89. The van der Waals surface area contributed by atoms with Crippen LogP contribution in [-0.4, -0.2) is 24.7 Å². The molecule has 1 unspecified atom stereocenters. The van der Waals surface area contributed by atoms with Crippen molar-refractivity contribution in [3.05, 3.63) is 22.7 Å². The Labute approximate surface area is 122 Å². The number of ether oxygens (including phenoxy) is 1. The van der Waals surface area contributed by atoms with Crippen LogP contribution in [-0.2, 0) is 4.79 Å². The fraction of sp³-hybridized carbons (Fsp3) is 0.462. The highest BCUT2D eigenvalue weighted by atomic mass is 79.9. The van der Waals surface area contributed by atoms with Crippen molar-refractivity contribution in [2.75, 3.05) is 11.4 Å². The fourth-order valence-corrected chi connectivity index (χ4v) is 2.71. The molecule has 2 rings (SSSR count). The standard InChI is InChI=1S/C13H13BrF3NO2/c1-8-6-10(19)4-5-18(8)9-2-3-12(11(14)7-9)20-13(15,16)17/h2-3,7-8H,4-6H2,1H3. The van der Waals surface area contributed by atoms with Crippen LogP contribution in [0.1, 0.15) is 19.8 Å². The lowest BCUT2D eigenvalue weighted by Gasteiger charge is -2.34. The number of carbonyl (C=O) groups excluding carboxylic acids is 1. The topological polar surface area (TPSA) is 29.5 Å². The number of carbonyl (C=O) groups is 1.